The number of pyridine rings is 2. The zero-order chi connectivity index (χ0) is 26.4. The molecule has 5 heterocycles. The van der Waals surface area contributed by atoms with Crippen molar-refractivity contribution in [2.75, 3.05) is 5.73 Å². The first kappa shape index (κ1) is 23.0. The summed E-state index contributed by atoms with van der Waals surface area (Å²) in [6.07, 6.45) is 10.1. The standard InChI is InChI=1S/C28H19FN8O/c1-4-19-7-5-17-11-18(13-32-26(17)36-19)24-22(23-25(30)33-14-34-27(23)37(24)3)16-6-8-21(20(29)12-16)38-28-31-10-9-15(2)35-28/h1,5-14H,2-3H3,(H2,30,33,34). The summed E-state index contributed by atoms with van der Waals surface area (Å²) in [6, 6.07) is 12.0. The van der Waals surface area contributed by atoms with Gasteiger partial charge in [0.25, 0.3) is 0 Å². The molecule has 9 nitrogen and oxygen atoms in total. The smallest absolute Gasteiger partial charge is 0.322 e. The molecule has 10 heteroatoms. The van der Waals surface area contributed by atoms with Crippen molar-refractivity contribution in [1.29, 1.82) is 0 Å². The SMILES string of the molecule is C#Cc1ccc2cc(-c3c(-c4ccc(Oc5nccc(C)n5)c(F)c4)c4c(N)ncnc4n3C)cnc2n1. The average Bonchev–Trinajstić information content (AvgIpc) is 3.22. The summed E-state index contributed by atoms with van der Waals surface area (Å²) >= 11 is 0. The van der Waals surface area contributed by atoms with Crippen molar-refractivity contribution in [2.24, 2.45) is 7.05 Å². The number of rotatable bonds is 4. The number of benzene rings is 1. The van der Waals surface area contributed by atoms with E-state index in [1.165, 1.54) is 18.5 Å². The number of terminal acetylenes is 1. The van der Waals surface area contributed by atoms with Gasteiger partial charge in [0.05, 0.1) is 11.1 Å². The number of hydrogen-bond donors (Lipinski definition) is 1. The highest BCUT2D eigenvalue weighted by Crippen LogP contribution is 2.42. The number of fused-ring (bicyclic) bond motifs is 2. The Kier molecular flexibility index (Phi) is 5.39. The molecule has 0 fully saturated rings. The zero-order valence-corrected chi connectivity index (χ0v) is 20.3. The highest BCUT2D eigenvalue weighted by molar-refractivity contribution is 6.08. The van der Waals surface area contributed by atoms with Crippen LogP contribution in [0.1, 0.15) is 11.4 Å². The topological polar surface area (TPSA) is 118 Å². The number of aromatic nitrogens is 7. The number of nitrogen functional groups attached to an aromatic ring is 1. The molecule has 0 saturated heterocycles. The third-order valence-electron chi connectivity index (χ3n) is 6.15. The molecule has 6 rings (SSSR count). The Hall–Kier alpha value is -5.43. The fourth-order valence-corrected chi connectivity index (χ4v) is 4.43. The first-order valence-corrected chi connectivity index (χ1v) is 11.5. The van der Waals surface area contributed by atoms with Crippen LogP contribution in [-0.2, 0) is 7.05 Å². The second-order valence-corrected chi connectivity index (χ2v) is 8.58. The van der Waals surface area contributed by atoms with Crippen molar-refractivity contribution in [1.82, 2.24) is 34.5 Å². The van der Waals surface area contributed by atoms with Crippen molar-refractivity contribution in [2.45, 2.75) is 6.92 Å². The van der Waals surface area contributed by atoms with Gasteiger partial charge in [-0.2, -0.15) is 0 Å². The van der Waals surface area contributed by atoms with Crippen LogP contribution in [0.3, 0.4) is 0 Å². The van der Waals surface area contributed by atoms with E-state index in [0.29, 0.717) is 39.2 Å². The van der Waals surface area contributed by atoms with E-state index in [-0.39, 0.29) is 17.6 Å². The molecule has 2 N–H and O–H groups in total. The van der Waals surface area contributed by atoms with Crippen LogP contribution in [0.5, 0.6) is 11.8 Å². The lowest BCUT2D eigenvalue weighted by atomic mass is 9.99. The lowest BCUT2D eigenvalue weighted by Crippen LogP contribution is -1.97. The number of aryl methyl sites for hydroxylation is 2. The third kappa shape index (κ3) is 3.83. The first-order valence-electron chi connectivity index (χ1n) is 11.5. The van der Waals surface area contributed by atoms with Crippen LogP contribution in [0.4, 0.5) is 10.2 Å². The van der Waals surface area contributed by atoms with E-state index in [2.05, 4.69) is 35.8 Å². The summed E-state index contributed by atoms with van der Waals surface area (Å²) < 4.78 is 22.8. The Bertz CT molecular complexity index is 1930. The number of anilines is 1. The third-order valence-corrected chi connectivity index (χ3v) is 6.15. The summed E-state index contributed by atoms with van der Waals surface area (Å²) in [5.74, 6) is 2.20. The van der Waals surface area contributed by atoms with Gasteiger partial charge in [0, 0.05) is 41.6 Å². The van der Waals surface area contributed by atoms with Gasteiger partial charge in [0.1, 0.15) is 23.5 Å². The maximum absolute atomic E-state index is 15.4. The van der Waals surface area contributed by atoms with E-state index in [1.807, 2.05) is 23.7 Å². The molecule has 0 spiro atoms. The molecule has 0 aliphatic rings. The van der Waals surface area contributed by atoms with Crippen molar-refractivity contribution in [3.8, 4) is 46.5 Å². The maximum atomic E-state index is 15.4. The van der Waals surface area contributed by atoms with Gasteiger partial charge in [0.15, 0.2) is 17.2 Å². The van der Waals surface area contributed by atoms with Crippen molar-refractivity contribution < 1.29 is 9.13 Å². The van der Waals surface area contributed by atoms with Gasteiger partial charge in [-0.05, 0) is 48.9 Å². The fourth-order valence-electron chi connectivity index (χ4n) is 4.43. The lowest BCUT2D eigenvalue weighted by molar-refractivity contribution is 0.410. The predicted octanol–water partition coefficient (Wildman–Crippen LogP) is 4.84. The van der Waals surface area contributed by atoms with E-state index in [0.717, 1.165) is 16.6 Å². The summed E-state index contributed by atoms with van der Waals surface area (Å²) in [6.45, 7) is 1.80. The molecular weight excluding hydrogens is 483 g/mol. The van der Waals surface area contributed by atoms with Gasteiger partial charge in [0.2, 0.25) is 0 Å². The minimum atomic E-state index is -0.589. The molecule has 0 aliphatic heterocycles. The summed E-state index contributed by atoms with van der Waals surface area (Å²) in [5, 5.41) is 1.39. The Morgan fingerprint density at radius 2 is 1.87 bits per heavy atom. The van der Waals surface area contributed by atoms with E-state index >= 15 is 4.39 Å². The minimum Gasteiger partial charge on any atom is -0.421 e. The molecule has 1 aromatic carbocycles. The molecule has 0 amide bonds. The van der Waals surface area contributed by atoms with E-state index in [9.17, 15) is 0 Å². The molecule has 6 aromatic rings. The normalized spacial score (nSPS) is 11.1. The second kappa shape index (κ2) is 8.90. The molecule has 184 valence electrons. The molecule has 0 bridgehead atoms. The predicted molar refractivity (Wildman–Crippen MR) is 142 cm³/mol. The van der Waals surface area contributed by atoms with Gasteiger partial charge in [-0.15, -0.1) is 6.42 Å². The molecule has 0 saturated carbocycles. The van der Waals surface area contributed by atoms with Gasteiger partial charge < -0.3 is 15.0 Å². The van der Waals surface area contributed by atoms with Crippen LogP contribution in [0.25, 0.3) is 44.5 Å². The van der Waals surface area contributed by atoms with Gasteiger partial charge >= 0.3 is 6.01 Å². The molecule has 0 radical (unpaired) electrons. The molecule has 0 unspecified atom stereocenters. The highest BCUT2D eigenvalue weighted by atomic mass is 19.1. The number of halogens is 1. The summed E-state index contributed by atoms with van der Waals surface area (Å²) in [7, 11) is 1.86. The number of nitrogens with zero attached hydrogens (tertiary/aromatic N) is 7. The van der Waals surface area contributed by atoms with Crippen LogP contribution in [-0.4, -0.2) is 34.5 Å². The van der Waals surface area contributed by atoms with Crippen LogP contribution in [0, 0.1) is 25.1 Å². The monoisotopic (exact) mass is 502 g/mol. The second-order valence-electron chi connectivity index (χ2n) is 8.58. The van der Waals surface area contributed by atoms with Gasteiger partial charge in [-0.25, -0.2) is 34.3 Å². The quantitative estimate of drug-likeness (QED) is 0.340. The molecule has 0 aliphatic carbocycles. The van der Waals surface area contributed by atoms with Crippen molar-refractivity contribution >= 4 is 27.9 Å². The van der Waals surface area contributed by atoms with E-state index in [1.54, 1.807) is 37.5 Å². The number of ether oxygens (including phenoxy) is 1. The molecule has 5 aromatic heterocycles. The Morgan fingerprint density at radius 1 is 1.00 bits per heavy atom. The van der Waals surface area contributed by atoms with E-state index in [4.69, 9.17) is 16.9 Å². The molecular formula is C28H19FN8O. The van der Waals surface area contributed by atoms with Gasteiger partial charge in [-0.3, -0.25) is 0 Å². The maximum Gasteiger partial charge on any atom is 0.322 e. The molecule has 0 atom stereocenters. The van der Waals surface area contributed by atoms with Crippen LogP contribution in [0.2, 0.25) is 0 Å². The van der Waals surface area contributed by atoms with Gasteiger partial charge in [-0.1, -0.05) is 12.0 Å². The Labute approximate surface area is 216 Å². The van der Waals surface area contributed by atoms with E-state index < -0.39 is 5.82 Å². The van der Waals surface area contributed by atoms with Crippen molar-refractivity contribution in [3.05, 3.63) is 78.4 Å². The van der Waals surface area contributed by atoms with Crippen LogP contribution < -0.4 is 10.5 Å². The summed E-state index contributed by atoms with van der Waals surface area (Å²) in [5.41, 5.74) is 11.4. The number of nitrogens with two attached hydrogens (primary N) is 1. The van der Waals surface area contributed by atoms with Crippen molar-refractivity contribution in [3.63, 3.8) is 0 Å². The molecule has 38 heavy (non-hydrogen) atoms. The lowest BCUT2D eigenvalue weighted by Gasteiger charge is -2.11. The number of hydrogen-bond acceptors (Lipinski definition) is 8. The largest absolute Gasteiger partial charge is 0.421 e. The average molecular weight is 503 g/mol. The first-order chi connectivity index (χ1) is 18.4. The highest BCUT2D eigenvalue weighted by Gasteiger charge is 2.23. The Morgan fingerprint density at radius 3 is 2.66 bits per heavy atom. The Balaban J connectivity index is 1.54. The zero-order valence-electron chi connectivity index (χ0n) is 20.3. The van der Waals surface area contributed by atoms with Crippen LogP contribution >= 0.6 is 0 Å². The fraction of sp³-hybridized carbons (Fsp3) is 0.0714. The summed E-state index contributed by atoms with van der Waals surface area (Å²) in [4.78, 5) is 25.8. The minimum absolute atomic E-state index is 0.00637. The van der Waals surface area contributed by atoms with Crippen LogP contribution in [0.15, 0.2) is 61.2 Å².